The van der Waals surface area contributed by atoms with Gasteiger partial charge in [-0.1, -0.05) is 13.8 Å². The van der Waals surface area contributed by atoms with E-state index >= 15 is 0 Å². The Morgan fingerprint density at radius 2 is 1.48 bits per heavy atom. The van der Waals surface area contributed by atoms with Gasteiger partial charge in [0.25, 0.3) is 0 Å². The molecule has 2 atom stereocenters. The number of rotatable bonds is 3. The second kappa shape index (κ2) is 8.63. The van der Waals surface area contributed by atoms with Crippen molar-refractivity contribution >= 4 is 17.9 Å². The molecule has 0 aromatic rings. The third-order valence-electron chi connectivity index (χ3n) is 6.30. The van der Waals surface area contributed by atoms with Gasteiger partial charge >= 0.3 is 17.9 Å². The molecule has 0 radical (unpaired) electrons. The van der Waals surface area contributed by atoms with Crippen LogP contribution in [0.5, 0.6) is 0 Å². The summed E-state index contributed by atoms with van der Waals surface area (Å²) in [6.45, 7) is 5.03. The Hall–Kier alpha value is -2.39. The van der Waals surface area contributed by atoms with Gasteiger partial charge < -0.3 is 28.8 Å². The molecule has 1 heterocycles. The van der Waals surface area contributed by atoms with Crippen molar-refractivity contribution < 1.29 is 43.2 Å². The van der Waals surface area contributed by atoms with Crippen LogP contribution in [-0.4, -0.2) is 63.3 Å². The van der Waals surface area contributed by atoms with Crippen LogP contribution in [0.1, 0.15) is 39.5 Å². The maximum absolute atomic E-state index is 12.7. The van der Waals surface area contributed by atoms with Crippen LogP contribution in [0, 0.1) is 17.3 Å². The van der Waals surface area contributed by atoms with Crippen molar-refractivity contribution in [3.05, 3.63) is 22.5 Å². The summed E-state index contributed by atoms with van der Waals surface area (Å²) in [7, 11) is 3.45. The molecule has 1 saturated carbocycles. The third-order valence-corrected chi connectivity index (χ3v) is 6.30. The van der Waals surface area contributed by atoms with E-state index < -0.39 is 29.6 Å². The van der Waals surface area contributed by atoms with Gasteiger partial charge in [0.05, 0.1) is 45.7 Å². The van der Waals surface area contributed by atoms with Gasteiger partial charge in [0.15, 0.2) is 5.79 Å². The Balaban J connectivity index is 2.17. The van der Waals surface area contributed by atoms with Crippen LogP contribution in [0.15, 0.2) is 22.5 Å². The van der Waals surface area contributed by atoms with Crippen molar-refractivity contribution in [2.24, 2.45) is 17.3 Å². The van der Waals surface area contributed by atoms with Crippen molar-refractivity contribution in [2.75, 3.05) is 34.5 Å². The van der Waals surface area contributed by atoms with Crippen molar-refractivity contribution in [1.29, 1.82) is 0 Å². The van der Waals surface area contributed by atoms with Gasteiger partial charge in [-0.3, -0.25) is 0 Å². The van der Waals surface area contributed by atoms with Crippen LogP contribution < -0.4 is 0 Å². The number of aliphatic hydroxyl groups excluding tert-OH is 1. The average Bonchev–Trinajstić information content (AvgIpc) is 2.76. The number of carbonyl (C=O) groups is 3. The van der Waals surface area contributed by atoms with Crippen LogP contribution in [0.25, 0.3) is 0 Å². The van der Waals surface area contributed by atoms with Gasteiger partial charge in [0, 0.05) is 23.7 Å². The fourth-order valence-electron chi connectivity index (χ4n) is 4.58. The molecular weight excluding hydrogens is 408 g/mol. The second-order valence-electron chi connectivity index (χ2n) is 9.01. The second-order valence-corrected chi connectivity index (χ2v) is 9.01. The number of aliphatic hydroxyl groups is 1. The summed E-state index contributed by atoms with van der Waals surface area (Å²) in [6, 6.07) is 0. The molecule has 1 N–H and O–H groups in total. The van der Waals surface area contributed by atoms with Crippen molar-refractivity contribution in [2.45, 2.75) is 45.3 Å². The standard InChI is InChI=1S/C22H30O9/c1-21(2)10-30-22(31-11-21)7-6-12-8-13(22)9-14(18(24)27-3)15(19(25)28-4)16(17(12)23)20(26)29-5/h12-13,23H,6-11H2,1-5H3/b15-14-,17-16-/t12-,13+/m0/s1. The monoisotopic (exact) mass is 438 g/mol. The van der Waals surface area contributed by atoms with E-state index in [0.29, 0.717) is 32.5 Å². The number of allylic oxidation sites excluding steroid dienone is 1. The number of carbonyl (C=O) groups excluding carboxylic acids is 3. The molecule has 172 valence electrons. The molecule has 2 aliphatic carbocycles. The van der Waals surface area contributed by atoms with Crippen LogP contribution >= 0.6 is 0 Å². The SMILES string of the molecule is COC(=O)/C1=C(C(=O)OC)/C(C(=O)OC)=C(/O)[C@H]2CCC3(OCC(C)(C)CO3)[C@@H](C1)C2. The Morgan fingerprint density at radius 1 is 0.935 bits per heavy atom. The average molecular weight is 438 g/mol. The van der Waals surface area contributed by atoms with Gasteiger partial charge in [-0.15, -0.1) is 0 Å². The minimum atomic E-state index is -0.949. The van der Waals surface area contributed by atoms with Crippen molar-refractivity contribution in [1.82, 2.24) is 0 Å². The summed E-state index contributed by atoms with van der Waals surface area (Å²) in [5.74, 6) is -4.69. The minimum absolute atomic E-state index is 0.0574. The molecule has 3 aliphatic rings. The summed E-state index contributed by atoms with van der Waals surface area (Å²) >= 11 is 0. The Labute approximate surface area is 181 Å². The van der Waals surface area contributed by atoms with E-state index in [1.165, 1.54) is 7.11 Å². The van der Waals surface area contributed by atoms with Gasteiger partial charge in [0.1, 0.15) is 11.3 Å². The van der Waals surface area contributed by atoms with Gasteiger partial charge in [-0.25, -0.2) is 14.4 Å². The van der Waals surface area contributed by atoms with E-state index in [0.717, 1.165) is 14.2 Å². The predicted octanol–water partition coefficient (Wildman–Crippen LogP) is 2.20. The molecule has 9 nitrogen and oxygen atoms in total. The fourth-order valence-corrected chi connectivity index (χ4v) is 4.58. The molecule has 0 amide bonds. The zero-order valence-corrected chi connectivity index (χ0v) is 18.6. The number of hydrogen-bond donors (Lipinski definition) is 1. The molecule has 0 aromatic carbocycles. The zero-order chi connectivity index (χ0) is 23.0. The van der Waals surface area contributed by atoms with Gasteiger partial charge in [0.2, 0.25) is 0 Å². The summed E-state index contributed by atoms with van der Waals surface area (Å²) in [6.07, 6.45) is 1.41. The van der Waals surface area contributed by atoms with E-state index in [1.54, 1.807) is 0 Å². The summed E-state index contributed by atoms with van der Waals surface area (Å²) in [5.41, 5.74) is -0.937. The summed E-state index contributed by atoms with van der Waals surface area (Å²) < 4.78 is 27.0. The van der Waals surface area contributed by atoms with Crippen LogP contribution in [0.2, 0.25) is 0 Å². The number of ether oxygens (including phenoxy) is 5. The van der Waals surface area contributed by atoms with E-state index in [1.807, 2.05) is 13.8 Å². The minimum Gasteiger partial charge on any atom is -0.511 e. The van der Waals surface area contributed by atoms with E-state index in [2.05, 4.69) is 0 Å². The highest BCUT2D eigenvalue weighted by atomic mass is 16.7. The lowest BCUT2D eigenvalue weighted by molar-refractivity contribution is -0.334. The Morgan fingerprint density at radius 3 is 2.03 bits per heavy atom. The molecule has 2 fully saturated rings. The van der Waals surface area contributed by atoms with E-state index in [-0.39, 0.29) is 40.2 Å². The zero-order valence-electron chi connectivity index (χ0n) is 18.6. The molecule has 1 saturated heterocycles. The fraction of sp³-hybridized carbons (Fsp3) is 0.682. The third kappa shape index (κ3) is 4.21. The highest BCUT2D eigenvalue weighted by Gasteiger charge is 2.53. The maximum Gasteiger partial charge on any atom is 0.342 e. The molecule has 1 aliphatic heterocycles. The van der Waals surface area contributed by atoms with Gasteiger partial charge in [-0.05, 0) is 19.3 Å². The topological polar surface area (TPSA) is 118 Å². The molecule has 0 unspecified atom stereocenters. The first kappa shape index (κ1) is 23.3. The molecular formula is C22H30O9. The van der Waals surface area contributed by atoms with Crippen LogP contribution in [0.4, 0.5) is 0 Å². The molecule has 31 heavy (non-hydrogen) atoms. The Kier molecular flexibility index (Phi) is 6.48. The van der Waals surface area contributed by atoms with Gasteiger partial charge in [-0.2, -0.15) is 0 Å². The lowest BCUT2D eigenvalue weighted by atomic mass is 9.69. The summed E-state index contributed by atoms with van der Waals surface area (Å²) in [4.78, 5) is 38.0. The molecule has 2 bridgehead atoms. The first-order chi connectivity index (χ1) is 14.6. The number of hydrogen-bond acceptors (Lipinski definition) is 9. The molecule has 0 aromatic heterocycles. The predicted molar refractivity (Wildman–Crippen MR) is 107 cm³/mol. The normalized spacial score (nSPS) is 31.9. The maximum atomic E-state index is 12.7. The number of esters is 3. The highest BCUT2D eigenvalue weighted by molar-refractivity contribution is 6.12. The van der Waals surface area contributed by atoms with Crippen molar-refractivity contribution in [3.8, 4) is 0 Å². The van der Waals surface area contributed by atoms with Crippen LogP contribution in [0.3, 0.4) is 0 Å². The number of methoxy groups -OCH3 is 3. The number of fused-ring (bicyclic) bond motifs is 3. The largest absolute Gasteiger partial charge is 0.511 e. The molecule has 3 rings (SSSR count). The molecule has 9 heteroatoms. The lowest BCUT2D eigenvalue weighted by Gasteiger charge is -2.51. The highest BCUT2D eigenvalue weighted by Crippen LogP contribution is 2.50. The Bertz CT molecular complexity index is 826. The first-order valence-electron chi connectivity index (χ1n) is 10.3. The molecule has 1 spiro atoms. The summed E-state index contributed by atoms with van der Waals surface area (Å²) in [5, 5.41) is 11.0. The first-order valence-corrected chi connectivity index (χ1v) is 10.3. The smallest absolute Gasteiger partial charge is 0.342 e. The quantitative estimate of drug-likeness (QED) is 0.522. The lowest BCUT2D eigenvalue weighted by Crippen LogP contribution is -2.55. The van der Waals surface area contributed by atoms with E-state index in [9.17, 15) is 19.5 Å². The van der Waals surface area contributed by atoms with Crippen LogP contribution in [-0.2, 0) is 38.1 Å². The van der Waals surface area contributed by atoms with Crippen molar-refractivity contribution in [3.63, 3.8) is 0 Å². The van der Waals surface area contributed by atoms with E-state index in [4.69, 9.17) is 23.7 Å².